The van der Waals surface area contributed by atoms with Crippen LogP contribution in [0.25, 0.3) is 0 Å². The van der Waals surface area contributed by atoms with Gasteiger partial charge in [-0.3, -0.25) is 9.59 Å². The highest BCUT2D eigenvalue weighted by atomic mass is 19.1. The molecule has 1 aliphatic heterocycles. The molecule has 0 bridgehead atoms. The largest absolute Gasteiger partial charge is 0.393 e. The summed E-state index contributed by atoms with van der Waals surface area (Å²) in [5, 5.41) is 11.6. The van der Waals surface area contributed by atoms with Crippen molar-refractivity contribution in [1.82, 2.24) is 0 Å². The lowest BCUT2D eigenvalue weighted by atomic mass is 9.46. The number of carbonyl (C=O) groups excluding carboxylic acids is 2. The highest BCUT2D eigenvalue weighted by Gasteiger charge is 2.77. The van der Waals surface area contributed by atoms with Crippen LogP contribution < -0.4 is 0 Å². The lowest BCUT2D eigenvalue weighted by molar-refractivity contribution is -0.227. The second kappa shape index (κ2) is 7.55. The zero-order valence-electron chi connectivity index (χ0n) is 21.0. The molecule has 0 aromatic carbocycles. The van der Waals surface area contributed by atoms with Crippen LogP contribution in [0.2, 0.25) is 0 Å². The summed E-state index contributed by atoms with van der Waals surface area (Å²) in [4.78, 5) is 25.8. The fraction of sp³-hybridized carbons (Fsp3) is 0.778. The van der Waals surface area contributed by atoms with Gasteiger partial charge in [-0.1, -0.05) is 19.9 Å². The first kappa shape index (κ1) is 24.3. The number of hydrogen-bond acceptors (Lipinski definition) is 6. The number of allylic oxidation sites excluding steroid dienone is 4. The smallest absolute Gasteiger partial charge is 0.193 e. The summed E-state index contributed by atoms with van der Waals surface area (Å²) in [5.41, 5.74) is -2.28. The monoisotopic (exact) mass is 476 g/mol. The maximum atomic E-state index is 15.6. The molecule has 4 aliphatic carbocycles. The van der Waals surface area contributed by atoms with Gasteiger partial charge in [0.05, 0.1) is 18.3 Å². The van der Waals surface area contributed by atoms with E-state index in [0.717, 1.165) is 0 Å². The van der Waals surface area contributed by atoms with E-state index in [4.69, 9.17) is 14.2 Å². The van der Waals surface area contributed by atoms with Crippen molar-refractivity contribution in [2.24, 2.45) is 28.6 Å². The van der Waals surface area contributed by atoms with Crippen molar-refractivity contribution in [1.29, 1.82) is 0 Å². The Kier molecular flexibility index (Phi) is 5.39. The number of aliphatic hydroxyl groups excluding tert-OH is 1. The van der Waals surface area contributed by atoms with Gasteiger partial charge in [-0.05, 0) is 76.5 Å². The van der Waals surface area contributed by atoms with Gasteiger partial charge in [-0.15, -0.1) is 0 Å². The molecule has 0 radical (unpaired) electrons. The molecule has 1 saturated heterocycles. The number of alkyl halides is 1. The summed E-state index contributed by atoms with van der Waals surface area (Å²) in [6.07, 6.45) is 3.14. The number of hydrogen-bond donors (Lipinski definition) is 1. The van der Waals surface area contributed by atoms with E-state index in [-0.39, 0.29) is 48.5 Å². The fourth-order valence-corrected chi connectivity index (χ4v) is 8.28. The Morgan fingerprint density at radius 2 is 1.97 bits per heavy atom. The number of ether oxygens (including phenoxy) is 3. The number of halogens is 1. The van der Waals surface area contributed by atoms with E-state index in [1.54, 1.807) is 6.08 Å². The van der Waals surface area contributed by atoms with Crippen molar-refractivity contribution in [2.45, 2.75) is 96.7 Å². The molecule has 5 aliphatic rings. The molecule has 0 aromatic rings. The van der Waals surface area contributed by atoms with Crippen molar-refractivity contribution in [3.05, 3.63) is 23.8 Å². The maximum Gasteiger partial charge on any atom is 0.193 e. The standard InChI is InChI=1S/C27H37FO6/c1-14(2)32-13-21(31)27-22(33-24(3,4)34-27)11-17-16-10-19(28)18-9-15(29)7-8-25(18,5)23(16)20(30)12-26(17,27)6/h7-9,14,16-17,19-20,22-23,30H,10-13H2,1-6H3/t16?,17?,19-,20?,22+,23?,25-,26-,27+/m0/s1. The first-order valence-electron chi connectivity index (χ1n) is 12.6. The first-order valence-corrected chi connectivity index (χ1v) is 12.6. The van der Waals surface area contributed by atoms with Gasteiger partial charge >= 0.3 is 0 Å². The molecule has 0 aromatic heterocycles. The molecule has 7 heteroatoms. The second-order valence-electron chi connectivity index (χ2n) is 12.2. The van der Waals surface area contributed by atoms with E-state index in [1.807, 2.05) is 41.5 Å². The summed E-state index contributed by atoms with van der Waals surface area (Å²) in [6, 6.07) is 0. The molecular formula is C27H37FO6. The van der Waals surface area contributed by atoms with E-state index < -0.39 is 40.6 Å². The average Bonchev–Trinajstić information content (AvgIpc) is 3.13. The Bertz CT molecular complexity index is 970. The van der Waals surface area contributed by atoms with E-state index in [2.05, 4.69) is 0 Å². The number of fused-ring (bicyclic) bond motifs is 7. The number of rotatable bonds is 4. The summed E-state index contributed by atoms with van der Waals surface area (Å²) in [5.74, 6) is -1.84. The van der Waals surface area contributed by atoms with Crippen LogP contribution in [0.3, 0.4) is 0 Å². The summed E-state index contributed by atoms with van der Waals surface area (Å²) < 4.78 is 34.1. The van der Waals surface area contributed by atoms with Gasteiger partial charge in [-0.25, -0.2) is 4.39 Å². The lowest BCUT2D eigenvalue weighted by Gasteiger charge is -2.60. The highest BCUT2D eigenvalue weighted by Crippen LogP contribution is 2.70. The van der Waals surface area contributed by atoms with Crippen molar-refractivity contribution in [3.63, 3.8) is 0 Å². The third kappa shape index (κ3) is 3.12. The van der Waals surface area contributed by atoms with Crippen LogP contribution in [0, 0.1) is 28.6 Å². The minimum absolute atomic E-state index is 0.0762. The zero-order chi connectivity index (χ0) is 24.8. The third-order valence-corrected chi connectivity index (χ3v) is 9.43. The van der Waals surface area contributed by atoms with E-state index in [9.17, 15) is 14.7 Å². The lowest BCUT2D eigenvalue weighted by Crippen LogP contribution is -2.64. The molecule has 188 valence electrons. The predicted molar refractivity (Wildman–Crippen MR) is 123 cm³/mol. The normalized spacial score (nSPS) is 48.7. The van der Waals surface area contributed by atoms with Crippen LogP contribution in [0.15, 0.2) is 23.8 Å². The molecule has 3 saturated carbocycles. The zero-order valence-corrected chi connectivity index (χ0v) is 21.0. The topological polar surface area (TPSA) is 82.1 Å². The molecule has 5 rings (SSSR count). The Balaban J connectivity index is 1.57. The Morgan fingerprint density at radius 3 is 2.65 bits per heavy atom. The predicted octanol–water partition coefficient (Wildman–Crippen LogP) is 3.71. The Morgan fingerprint density at radius 1 is 1.26 bits per heavy atom. The summed E-state index contributed by atoms with van der Waals surface area (Å²) in [6.45, 7) is 11.2. The van der Waals surface area contributed by atoms with Crippen molar-refractivity contribution < 1.29 is 33.3 Å². The first-order chi connectivity index (χ1) is 15.7. The molecule has 1 heterocycles. The number of Topliss-reactive ketones (excluding diaryl/α,β-unsaturated/α-hetero) is 1. The van der Waals surface area contributed by atoms with Crippen LogP contribution in [-0.2, 0) is 23.8 Å². The summed E-state index contributed by atoms with van der Waals surface area (Å²) in [7, 11) is 0. The molecule has 4 unspecified atom stereocenters. The molecular weight excluding hydrogens is 439 g/mol. The van der Waals surface area contributed by atoms with Crippen LogP contribution in [-0.4, -0.2) is 59.2 Å². The molecule has 1 N–H and O–H groups in total. The van der Waals surface area contributed by atoms with E-state index in [1.165, 1.54) is 12.2 Å². The number of aliphatic hydroxyl groups is 1. The van der Waals surface area contributed by atoms with Crippen LogP contribution in [0.4, 0.5) is 4.39 Å². The number of carbonyl (C=O) groups is 2. The molecule has 4 fully saturated rings. The quantitative estimate of drug-likeness (QED) is 0.666. The highest BCUT2D eigenvalue weighted by molar-refractivity contribution is 6.01. The SMILES string of the molecule is CC(C)OCC(=O)[C@@]12OC(C)(C)O[C@@H]1CC1C3C[C@H](F)C4=CC(=O)C=C[C@]4(C)C3C(O)C[C@@]12C. The Hall–Kier alpha value is -1.41. The van der Waals surface area contributed by atoms with Gasteiger partial charge in [0.2, 0.25) is 0 Å². The van der Waals surface area contributed by atoms with Gasteiger partial charge in [0.25, 0.3) is 0 Å². The molecule has 0 amide bonds. The van der Waals surface area contributed by atoms with Gasteiger partial charge in [0.1, 0.15) is 12.8 Å². The van der Waals surface area contributed by atoms with Crippen molar-refractivity contribution in [2.75, 3.05) is 6.61 Å². The van der Waals surface area contributed by atoms with E-state index in [0.29, 0.717) is 18.4 Å². The molecule has 0 spiro atoms. The van der Waals surface area contributed by atoms with Crippen molar-refractivity contribution in [3.8, 4) is 0 Å². The van der Waals surface area contributed by atoms with Crippen LogP contribution >= 0.6 is 0 Å². The van der Waals surface area contributed by atoms with E-state index >= 15 is 4.39 Å². The average molecular weight is 477 g/mol. The van der Waals surface area contributed by atoms with Gasteiger partial charge in [-0.2, -0.15) is 0 Å². The molecule has 34 heavy (non-hydrogen) atoms. The minimum atomic E-state index is -1.27. The molecule has 9 atom stereocenters. The number of ketones is 2. The fourth-order valence-electron chi connectivity index (χ4n) is 8.28. The maximum absolute atomic E-state index is 15.6. The van der Waals surface area contributed by atoms with Gasteiger partial charge < -0.3 is 19.3 Å². The van der Waals surface area contributed by atoms with Gasteiger partial charge in [0, 0.05) is 16.7 Å². The third-order valence-electron chi connectivity index (χ3n) is 9.43. The second-order valence-corrected chi connectivity index (χ2v) is 12.2. The van der Waals surface area contributed by atoms with Crippen LogP contribution in [0.5, 0.6) is 0 Å². The Labute approximate surface area is 200 Å². The van der Waals surface area contributed by atoms with Crippen LogP contribution in [0.1, 0.15) is 60.8 Å². The molecule has 6 nitrogen and oxygen atoms in total. The summed E-state index contributed by atoms with van der Waals surface area (Å²) >= 11 is 0. The minimum Gasteiger partial charge on any atom is -0.393 e. The van der Waals surface area contributed by atoms with Crippen molar-refractivity contribution >= 4 is 11.6 Å². The van der Waals surface area contributed by atoms with Gasteiger partial charge in [0.15, 0.2) is 23.0 Å².